The van der Waals surface area contributed by atoms with Crippen molar-refractivity contribution in [2.24, 2.45) is 12.9 Å². The second kappa shape index (κ2) is 5.99. The fourth-order valence-corrected chi connectivity index (χ4v) is 2.60. The number of imidazole rings is 1. The minimum absolute atomic E-state index is 0.165. The van der Waals surface area contributed by atoms with E-state index in [1.54, 1.807) is 0 Å². The second-order valence-corrected chi connectivity index (χ2v) is 5.02. The fraction of sp³-hybridized carbons (Fsp3) is 0.400. The van der Waals surface area contributed by atoms with E-state index in [4.69, 9.17) is 5.84 Å². The van der Waals surface area contributed by atoms with Crippen molar-refractivity contribution in [1.29, 1.82) is 0 Å². The van der Waals surface area contributed by atoms with E-state index in [1.165, 1.54) is 16.7 Å². The third-order valence-electron chi connectivity index (χ3n) is 3.67. The maximum Gasteiger partial charge on any atom is 0.108 e. The summed E-state index contributed by atoms with van der Waals surface area (Å²) in [6, 6.07) is 6.51. The summed E-state index contributed by atoms with van der Waals surface area (Å²) in [6.07, 6.45) is 5.65. The van der Waals surface area contributed by atoms with Gasteiger partial charge in [-0.05, 0) is 37.0 Å². The SMILES string of the molecule is Cc1cccc(C)c1C(CCc1nccn1C)NN. The van der Waals surface area contributed by atoms with E-state index in [0.717, 1.165) is 18.7 Å². The third kappa shape index (κ3) is 3.03. The van der Waals surface area contributed by atoms with Crippen LogP contribution in [0, 0.1) is 13.8 Å². The van der Waals surface area contributed by atoms with E-state index in [1.807, 2.05) is 19.4 Å². The zero-order chi connectivity index (χ0) is 13.8. The standard InChI is InChI=1S/C15H22N4/c1-11-5-4-6-12(2)15(11)13(18-16)7-8-14-17-9-10-19(14)3/h4-6,9-10,13,18H,7-8,16H2,1-3H3. The van der Waals surface area contributed by atoms with Crippen molar-refractivity contribution in [2.75, 3.05) is 0 Å². The van der Waals surface area contributed by atoms with Crippen molar-refractivity contribution >= 4 is 0 Å². The van der Waals surface area contributed by atoms with Gasteiger partial charge in [-0.3, -0.25) is 11.3 Å². The molecule has 1 aromatic heterocycles. The molecule has 1 atom stereocenters. The molecule has 0 saturated carbocycles. The molecule has 0 aliphatic rings. The van der Waals surface area contributed by atoms with Gasteiger partial charge < -0.3 is 4.57 Å². The lowest BCUT2D eigenvalue weighted by Crippen LogP contribution is -2.29. The molecule has 19 heavy (non-hydrogen) atoms. The van der Waals surface area contributed by atoms with Gasteiger partial charge in [0.1, 0.15) is 5.82 Å². The maximum atomic E-state index is 5.74. The smallest absolute Gasteiger partial charge is 0.108 e. The monoisotopic (exact) mass is 258 g/mol. The quantitative estimate of drug-likeness (QED) is 0.638. The van der Waals surface area contributed by atoms with Crippen LogP contribution in [0.15, 0.2) is 30.6 Å². The highest BCUT2D eigenvalue weighted by Gasteiger charge is 2.15. The average Bonchev–Trinajstić information content (AvgIpc) is 2.78. The van der Waals surface area contributed by atoms with Crippen LogP contribution in [0.3, 0.4) is 0 Å². The van der Waals surface area contributed by atoms with Gasteiger partial charge in [-0.1, -0.05) is 18.2 Å². The number of nitrogens with two attached hydrogens (primary N) is 1. The fourth-order valence-electron chi connectivity index (χ4n) is 2.60. The van der Waals surface area contributed by atoms with Crippen molar-refractivity contribution in [3.8, 4) is 0 Å². The number of rotatable bonds is 5. The molecule has 0 radical (unpaired) electrons. The van der Waals surface area contributed by atoms with Crippen molar-refractivity contribution in [3.63, 3.8) is 0 Å². The lowest BCUT2D eigenvalue weighted by atomic mass is 9.93. The first kappa shape index (κ1) is 13.8. The molecule has 4 heteroatoms. The van der Waals surface area contributed by atoms with E-state index in [-0.39, 0.29) is 6.04 Å². The van der Waals surface area contributed by atoms with Crippen LogP contribution in [0.25, 0.3) is 0 Å². The zero-order valence-electron chi connectivity index (χ0n) is 11.9. The van der Waals surface area contributed by atoms with E-state index in [9.17, 15) is 0 Å². The number of nitrogens with one attached hydrogen (secondary N) is 1. The van der Waals surface area contributed by atoms with Crippen molar-refractivity contribution in [1.82, 2.24) is 15.0 Å². The number of benzene rings is 1. The number of hydrazine groups is 1. The molecule has 0 aliphatic heterocycles. The van der Waals surface area contributed by atoms with Crippen LogP contribution < -0.4 is 11.3 Å². The number of nitrogens with zero attached hydrogens (tertiary/aromatic N) is 2. The lowest BCUT2D eigenvalue weighted by Gasteiger charge is -2.20. The molecule has 2 rings (SSSR count). The summed E-state index contributed by atoms with van der Waals surface area (Å²) in [5.41, 5.74) is 6.81. The van der Waals surface area contributed by atoms with Crippen LogP contribution in [0.5, 0.6) is 0 Å². The van der Waals surface area contributed by atoms with Crippen LogP contribution in [0.1, 0.15) is 35.0 Å². The Morgan fingerprint density at radius 3 is 2.53 bits per heavy atom. The molecule has 0 amide bonds. The van der Waals surface area contributed by atoms with Crippen molar-refractivity contribution < 1.29 is 0 Å². The van der Waals surface area contributed by atoms with Crippen LogP contribution in [-0.2, 0) is 13.5 Å². The molecule has 0 bridgehead atoms. The van der Waals surface area contributed by atoms with Gasteiger partial charge in [-0.15, -0.1) is 0 Å². The highest BCUT2D eigenvalue weighted by atomic mass is 15.2. The van der Waals surface area contributed by atoms with Crippen LogP contribution in [-0.4, -0.2) is 9.55 Å². The molecular weight excluding hydrogens is 236 g/mol. The largest absolute Gasteiger partial charge is 0.338 e. The normalized spacial score (nSPS) is 12.6. The van der Waals surface area contributed by atoms with Crippen LogP contribution in [0.4, 0.5) is 0 Å². The first-order valence-electron chi connectivity index (χ1n) is 6.62. The van der Waals surface area contributed by atoms with Gasteiger partial charge in [-0.2, -0.15) is 0 Å². The van der Waals surface area contributed by atoms with E-state index in [2.05, 4.69) is 47.0 Å². The highest BCUT2D eigenvalue weighted by Crippen LogP contribution is 2.24. The Morgan fingerprint density at radius 1 is 1.32 bits per heavy atom. The van der Waals surface area contributed by atoms with Gasteiger partial charge >= 0.3 is 0 Å². The molecular formula is C15H22N4. The summed E-state index contributed by atoms with van der Waals surface area (Å²) in [5.74, 6) is 6.83. The maximum absolute atomic E-state index is 5.74. The Hall–Kier alpha value is -1.65. The number of aromatic nitrogens is 2. The van der Waals surface area contributed by atoms with E-state index >= 15 is 0 Å². The molecule has 3 N–H and O–H groups in total. The van der Waals surface area contributed by atoms with Gasteiger partial charge in [0.25, 0.3) is 0 Å². The summed E-state index contributed by atoms with van der Waals surface area (Å²) in [6.45, 7) is 4.26. The second-order valence-electron chi connectivity index (χ2n) is 5.02. The van der Waals surface area contributed by atoms with Crippen LogP contribution in [0.2, 0.25) is 0 Å². The number of hydrogen-bond acceptors (Lipinski definition) is 3. The molecule has 102 valence electrons. The molecule has 0 saturated heterocycles. The molecule has 1 aromatic carbocycles. The number of hydrogen-bond donors (Lipinski definition) is 2. The zero-order valence-corrected chi connectivity index (χ0v) is 11.9. The number of aryl methyl sites for hydroxylation is 4. The predicted molar refractivity (Wildman–Crippen MR) is 77.5 cm³/mol. The topological polar surface area (TPSA) is 55.9 Å². The van der Waals surface area contributed by atoms with Gasteiger partial charge in [-0.25, -0.2) is 4.98 Å². The average molecular weight is 258 g/mol. The molecule has 1 unspecified atom stereocenters. The first-order valence-corrected chi connectivity index (χ1v) is 6.62. The Balaban J connectivity index is 2.15. The third-order valence-corrected chi connectivity index (χ3v) is 3.67. The summed E-state index contributed by atoms with van der Waals surface area (Å²) in [7, 11) is 2.02. The molecule has 1 heterocycles. The minimum atomic E-state index is 0.165. The predicted octanol–water partition coefficient (Wildman–Crippen LogP) is 2.17. The van der Waals surface area contributed by atoms with Crippen LogP contribution >= 0.6 is 0 Å². The summed E-state index contributed by atoms with van der Waals surface area (Å²) in [4.78, 5) is 4.35. The Bertz CT molecular complexity index is 525. The Morgan fingerprint density at radius 2 is 2.00 bits per heavy atom. The lowest BCUT2D eigenvalue weighted by molar-refractivity contribution is 0.502. The van der Waals surface area contributed by atoms with Crippen molar-refractivity contribution in [2.45, 2.75) is 32.7 Å². The molecule has 0 spiro atoms. The molecule has 0 fully saturated rings. The minimum Gasteiger partial charge on any atom is -0.338 e. The van der Waals surface area contributed by atoms with Gasteiger partial charge in [0.15, 0.2) is 0 Å². The Kier molecular flexibility index (Phi) is 4.35. The summed E-state index contributed by atoms with van der Waals surface area (Å²) >= 11 is 0. The molecule has 4 nitrogen and oxygen atoms in total. The first-order chi connectivity index (χ1) is 9.13. The van der Waals surface area contributed by atoms with E-state index in [0.29, 0.717) is 0 Å². The Labute approximate surface area is 114 Å². The summed E-state index contributed by atoms with van der Waals surface area (Å²) < 4.78 is 2.05. The van der Waals surface area contributed by atoms with Crippen molar-refractivity contribution in [3.05, 3.63) is 53.1 Å². The van der Waals surface area contributed by atoms with Gasteiger partial charge in [0, 0.05) is 31.9 Å². The van der Waals surface area contributed by atoms with Gasteiger partial charge in [0.2, 0.25) is 0 Å². The highest BCUT2D eigenvalue weighted by molar-refractivity contribution is 5.36. The molecule has 2 aromatic rings. The summed E-state index contributed by atoms with van der Waals surface area (Å²) in [5, 5.41) is 0. The van der Waals surface area contributed by atoms with Gasteiger partial charge in [0.05, 0.1) is 0 Å². The molecule has 0 aliphatic carbocycles. The van der Waals surface area contributed by atoms with E-state index < -0.39 is 0 Å².